The normalized spacial score (nSPS) is 15.4. The Labute approximate surface area is 278 Å². The fourth-order valence-corrected chi connectivity index (χ4v) is 5.86. The summed E-state index contributed by atoms with van der Waals surface area (Å²) in [5, 5.41) is 0. The molecule has 0 spiro atoms. The van der Waals surface area contributed by atoms with Crippen LogP contribution in [0.2, 0.25) is 0 Å². The maximum Gasteiger partial charge on any atom is 0.138 e. The number of likely N-dealkylation sites (N-methyl/N-ethyl adjacent to an activating group) is 1. The molecule has 2 N–H and O–H groups in total. The Morgan fingerprint density at radius 3 is 2.17 bits per heavy atom. The minimum absolute atomic E-state index is 0.236. The molecule has 0 saturated carbocycles. The van der Waals surface area contributed by atoms with Crippen molar-refractivity contribution in [2.24, 2.45) is 5.92 Å². The number of ether oxygens (including phenoxy) is 3. The molecule has 0 radical (unpaired) electrons. The number of aromatic amines is 2. The van der Waals surface area contributed by atoms with Gasteiger partial charge in [0.25, 0.3) is 0 Å². The van der Waals surface area contributed by atoms with E-state index in [0.717, 1.165) is 109 Å². The molecule has 9 heteroatoms. The van der Waals surface area contributed by atoms with Crippen LogP contribution in [0.5, 0.6) is 5.75 Å². The molecule has 1 fully saturated rings. The average Bonchev–Trinajstić information content (AvgIpc) is 3.72. The van der Waals surface area contributed by atoms with E-state index in [1.54, 1.807) is 0 Å². The van der Waals surface area contributed by atoms with Crippen LogP contribution in [0.15, 0.2) is 60.7 Å². The Hall–Kier alpha value is -3.92. The highest BCUT2D eigenvalue weighted by Gasteiger charge is 2.16. The van der Waals surface area contributed by atoms with E-state index in [4.69, 9.17) is 24.2 Å². The Bertz CT molecular complexity index is 1710. The fraction of sp³-hybridized carbons (Fsp3) is 0.474. The summed E-state index contributed by atoms with van der Waals surface area (Å²) in [7, 11) is 2.18. The molecule has 5 aromatic rings. The highest BCUT2D eigenvalue weighted by atomic mass is 16.5. The molecule has 2 unspecified atom stereocenters. The van der Waals surface area contributed by atoms with E-state index in [0.29, 0.717) is 19.8 Å². The summed E-state index contributed by atoms with van der Waals surface area (Å²) in [6, 6.07) is 20.9. The molecule has 3 aromatic carbocycles. The van der Waals surface area contributed by atoms with E-state index in [-0.39, 0.29) is 6.10 Å². The van der Waals surface area contributed by atoms with Crippen molar-refractivity contribution in [2.45, 2.75) is 52.6 Å². The number of benzene rings is 3. The van der Waals surface area contributed by atoms with Gasteiger partial charge in [0, 0.05) is 69.2 Å². The zero-order valence-electron chi connectivity index (χ0n) is 28.4. The maximum atomic E-state index is 5.95. The molecule has 3 heterocycles. The van der Waals surface area contributed by atoms with E-state index >= 15 is 0 Å². The predicted molar refractivity (Wildman–Crippen MR) is 191 cm³/mol. The van der Waals surface area contributed by atoms with Crippen molar-refractivity contribution in [3.8, 4) is 28.5 Å². The number of H-pyrrole nitrogens is 2. The number of nitrogens with zero attached hydrogens (tertiary/aromatic N) is 4. The maximum absolute atomic E-state index is 5.95. The number of hydrogen-bond acceptors (Lipinski definition) is 7. The number of aromatic nitrogens is 4. The van der Waals surface area contributed by atoms with Crippen LogP contribution in [-0.4, -0.2) is 90.6 Å². The molecule has 0 bridgehead atoms. The van der Waals surface area contributed by atoms with Crippen LogP contribution >= 0.6 is 0 Å². The van der Waals surface area contributed by atoms with Gasteiger partial charge >= 0.3 is 0 Å². The smallest absolute Gasteiger partial charge is 0.138 e. The minimum Gasteiger partial charge on any atom is -0.494 e. The summed E-state index contributed by atoms with van der Waals surface area (Å²) >= 11 is 0. The lowest BCUT2D eigenvalue weighted by molar-refractivity contribution is 0.0246. The van der Waals surface area contributed by atoms with Gasteiger partial charge in [-0.3, -0.25) is 0 Å². The highest BCUT2D eigenvalue weighted by Crippen LogP contribution is 2.29. The molecular formula is C38H50N6O3. The van der Waals surface area contributed by atoms with Crippen LogP contribution < -0.4 is 9.64 Å². The van der Waals surface area contributed by atoms with Gasteiger partial charge in [0.2, 0.25) is 0 Å². The number of piperazine rings is 1. The van der Waals surface area contributed by atoms with E-state index < -0.39 is 0 Å². The Morgan fingerprint density at radius 1 is 0.745 bits per heavy atom. The zero-order chi connectivity index (χ0) is 32.6. The first-order valence-corrected chi connectivity index (χ1v) is 17.3. The summed E-state index contributed by atoms with van der Waals surface area (Å²) in [5.41, 5.74) is 7.21. The first-order chi connectivity index (χ1) is 22.9. The van der Waals surface area contributed by atoms with Crippen molar-refractivity contribution in [3.63, 3.8) is 0 Å². The van der Waals surface area contributed by atoms with Crippen LogP contribution in [0.25, 0.3) is 44.8 Å². The molecule has 0 amide bonds. The van der Waals surface area contributed by atoms with Gasteiger partial charge in [-0.15, -0.1) is 0 Å². The van der Waals surface area contributed by atoms with Gasteiger partial charge in [0.1, 0.15) is 17.4 Å². The van der Waals surface area contributed by atoms with Crippen molar-refractivity contribution in [1.82, 2.24) is 24.8 Å². The molecule has 47 heavy (non-hydrogen) atoms. The monoisotopic (exact) mass is 638 g/mol. The van der Waals surface area contributed by atoms with Crippen molar-refractivity contribution >= 4 is 27.8 Å². The second kappa shape index (κ2) is 15.8. The fourth-order valence-electron chi connectivity index (χ4n) is 5.86. The van der Waals surface area contributed by atoms with Crippen LogP contribution in [0, 0.1) is 5.92 Å². The molecule has 2 atom stereocenters. The molecule has 1 aliphatic heterocycles. The molecule has 1 saturated heterocycles. The average molecular weight is 639 g/mol. The third-order valence-electron chi connectivity index (χ3n) is 9.30. The zero-order valence-corrected chi connectivity index (χ0v) is 28.4. The quantitative estimate of drug-likeness (QED) is 0.108. The van der Waals surface area contributed by atoms with E-state index in [1.165, 1.54) is 12.1 Å². The van der Waals surface area contributed by atoms with E-state index in [9.17, 15) is 0 Å². The number of imidazole rings is 2. The number of hydrogen-bond donors (Lipinski definition) is 2. The van der Waals surface area contributed by atoms with E-state index in [1.807, 2.05) is 24.3 Å². The van der Waals surface area contributed by atoms with Crippen LogP contribution in [0.3, 0.4) is 0 Å². The van der Waals surface area contributed by atoms with Crippen molar-refractivity contribution < 1.29 is 14.2 Å². The molecule has 6 rings (SSSR count). The number of rotatable bonds is 16. The second-order valence-corrected chi connectivity index (χ2v) is 13.0. The first-order valence-electron chi connectivity index (χ1n) is 17.3. The number of anilines is 1. The Morgan fingerprint density at radius 2 is 1.43 bits per heavy atom. The van der Waals surface area contributed by atoms with Crippen LogP contribution in [0.1, 0.15) is 46.5 Å². The van der Waals surface area contributed by atoms with Gasteiger partial charge in [-0.25, -0.2) is 9.97 Å². The van der Waals surface area contributed by atoms with E-state index in [2.05, 4.69) is 84.0 Å². The van der Waals surface area contributed by atoms with Gasteiger partial charge in [-0.1, -0.05) is 20.3 Å². The summed E-state index contributed by atoms with van der Waals surface area (Å²) in [4.78, 5) is 21.6. The molecule has 2 aromatic heterocycles. The van der Waals surface area contributed by atoms with Gasteiger partial charge < -0.3 is 34.0 Å². The third kappa shape index (κ3) is 8.71. The van der Waals surface area contributed by atoms with Gasteiger partial charge in [-0.05, 0) is 93.4 Å². The summed E-state index contributed by atoms with van der Waals surface area (Å²) in [6.45, 7) is 13.7. The largest absolute Gasteiger partial charge is 0.494 e. The third-order valence-corrected chi connectivity index (χ3v) is 9.30. The highest BCUT2D eigenvalue weighted by molar-refractivity contribution is 5.87. The second-order valence-electron chi connectivity index (χ2n) is 13.0. The number of fused-ring (bicyclic) bond motifs is 2. The van der Waals surface area contributed by atoms with Gasteiger partial charge in [0.05, 0.1) is 34.8 Å². The van der Waals surface area contributed by atoms with Crippen molar-refractivity contribution in [3.05, 3.63) is 60.7 Å². The molecule has 250 valence electrons. The standard InChI is InChI=1S/C38H50N6O3/c1-5-27(2)15-24-46-28(3)16-23-45-21-6-22-47-32-11-7-29(8-12-32)37-39-33-13-9-30(25-35(33)41-37)38-40-34-14-10-31(26-36(34)42-38)44-19-17-43(4)18-20-44/h7-14,25-28H,5-6,15-24H2,1-4H3,(H,39,41)(H,40,42). The SMILES string of the molecule is CCC(C)CCOC(C)CCOCCCOc1ccc(-c2nc3ccc(-c4nc5ccc(N6CCN(C)CC6)cc5[nH]4)cc3[nH]2)cc1. The van der Waals surface area contributed by atoms with Crippen LogP contribution in [0.4, 0.5) is 5.69 Å². The van der Waals surface area contributed by atoms with Crippen molar-refractivity contribution in [2.75, 3.05) is 64.6 Å². The summed E-state index contributed by atoms with van der Waals surface area (Å²) in [6.07, 6.45) is 4.34. The van der Waals surface area contributed by atoms with Gasteiger partial charge in [0.15, 0.2) is 0 Å². The Balaban J connectivity index is 0.978. The first kappa shape index (κ1) is 33.0. The lowest BCUT2D eigenvalue weighted by atomic mass is 10.1. The molecule has 0 aliphatic carbocycles. The molecule has 1 aliphatic rings. The molecular weight excluding hydrogens is 588 g/mol. The number of nitrogens with one attached hydrogen (secondary N) is 2. The van der Waals surface area contributed by atoms with Crippen molar-refractivity contribution in [1.29, 1.82) is 0 Å². The molecule has 9 nitrogen and oxygen atoms in total. The topological polar surface area (TPSA) is 91.5 Å². The predicted octanol–water partition coefficient (Wildman–Crippen LogP) is 7.54. The Kier molecular flexibility index (Phi) is 11.1. The van der Waals surface area contributed by atoms with Gasteiger partial charge in [-0.2, -0.15) is 0 Å². The lowest BCUT2D eigenvalue weighted by Gasteiger charge is -2.34. The summed E-state index contributed by atoms with van der Waals surface area (Å²) in [5.74, 6) is 3.26. The lowest BCUT2D eigenvalue weighted by Crippen LogP contribution is -2.44. The summed E-state index contributed by atoms with van der Waals surface area (Å²) < 4.78 is 17.6. The van der Waals surface area contributed by atoms with Crippen LogP contribution in [-0.2, 0) is 9.47 Å². The minimum atomic E-state index is 0.236.